The maximum absolute atomic E-state index is 13.8. The lowest BCUT2D eigenvalue weighted by Gasteiger charge is -2.30. The molecule has 0 bridgehead atoms. The molecule has 0 aliphatic heterocycles. The Hall–Kier alpha value is -3.08. The fraction of sp³-hybridized carbons (Fsp3) is 0.718. The molecular formula is C39H67N5O5S. The standard InChI is InChI=1S/C39H67N5O5S/c1-25(2)14-17-33(42-39(48)34(18-20-50-11)43-36(45)28(6)16-15-27(5)22-31(9)40-10)29(7)23-30(8)37(46)44-35(21-26(3)4)38(47)41-24-32-13-12-19-49-32/h12-13,19,22,25-26,28-30,33-35H,14-18,20-21,23-24H2,1-11H3,(H,41,47)(H,42,48)(H,43,45)(H,44,46)/b27-22-,40-31?/t28?,29-,30+,33?,34-,35-/m0/s1. The van der Waals surface area contributed by atoms with Crippen LogP contribution in [0.25, 0.3) is 0 Å². The van der Waals surface area contributed by atoms with E-state index in [0.29, 0.717) is 37.4 Å². The monoisotopic (exact) mass is 717 g/mol. The molecule has 0 fully saturated rings. The van der Waals surface area contributed by atoms with Crippen LogP contribution in [0.3, 0.4) is 0 Å². The maximum atomic E-state index is 13.8. The topological polar surface area (TPSA) is 142 Å². The van der Waals surface area contributed by atoms with Crippen molar-refractivity contribution in [1.29, 1.82) is 0 Å². The fourth-order valence-corrected chi connectivity index (χ4v) is 6.21. The molecule has 1 aromatic heterocycles. The van der Waals surface area contributed by atoms with Crippen LogP contribution in [-0.2, 0) is 25.7 Å². The predicted octanol–water partition coefficient (Wildman–Crippen LogP) is 6.70. The van der Waals surface area contributed by atoms with E-state index >= 15 is 0 Å². The van der Waals surface area contributed by atoms with Gasteiger partial charge < -0.3 is 25.7 Å². The molecule has 4 amide bonds. The van der Waals surface area contributed by atoms with E-state index in [1.807, 2.05) is 53.9 Å². The average Bonchev–Trinajstić information content (AvgIpc) is 3.58. The zero-order valence-corrected chi connectivity index (χ0v) is 33.5. The third-order valence-electron chi connectivity index (χ3n) is 9.07. The first kappa shape index (κ1) is 44.9. The van der Waals surface area contributed by atoms with Crippen LogP contribution < -0.4 is 21.3 Å². The van der Waals surface area contributed by atoms with Gasteiger partial charge in [0.05, 0.1) is 12.8 Å². The van der Waals surface area contributed by atoms with Gasteiger partial charge in [0.15, 0.2) is 0 Å². The first-order chi connectivity index (χ1) is 23.6. The van der Waals surface area contributed by atoms with Crippen LogP contribution in [0, 0.1) is 29.6 Å². The molecule has 50 heavy (non-hydrogen) atoms. The summed E-state index contributed by atoms with van der Waals surface area (Å²) in [4.78, 5) is 57.7. The highest BCUT2D eigenvalue weighted by atomic mass is 32.2. The molecule has 1 aromatic rings. The number of hydrogen-bond donors (Lipinski definition) is 4. The molecule has 0 saturated heterocycles. The normalized spacial score (nSPS) is 15.9. The molecule has 0 aliphatic carbocycles. The number of furan rings is 1. The quantitative estimate of drug-likeness (QED) is 0.0878. The Morgan fingerprint density at radius 2 is 1.46 bits per heavy atom. The van der Waals surface area contributed by atoms with Gasteiger partial charge in [-0.2, -0.15) is 11.8 Å². The summed E-state index contributed by atoms with van der Waals surface area (Å²) in [6.07, 6.45) is 10.3. The average molecular weight is 718 g/mol. The molecule has 6 atom stereocenters. The van der Waals surface area contributed by atoms with Crippen LogP contribution in [0.4, 0.5) is 0 Å². The van der Waals surface area contributed by atoms with Gasteiger partial charge in [0.25, 0.3) is 0 Å². The van der Waals surface area contributed by atoms with Crippen molar-refractivity contribution in [1.82, 2.24) is 21.3 Å². The summed E-state index contributed by atoms with van der Waals surface area (Å²) in [5.74, 6) is 0.634. The predicted molar refractivity (Wildman–Crippen MR) is 207 cm³/mol. The zero-order valence-electron chi connectivity index (χ0n) is 32.7. The van der Waals surface area contributed by atoms with Crippen molar-refractivity contribution >= 4 is 41.1 Å². The van der Waals surface area contributed by atoms with Gasteiger partial charge in [0.2, 0.25) is 23.6 Å². The van der Waals surface area contributed by atoms with E-state index in [2.05, 4.69) is 47.0 Å². The van der Waals surface area contributed by atoms with Gasteiger partial charge in [-0.15, -0.1) is 0 Å². The second kappa shape index (κ2) is 24.2. The number of carbonyl (C=O) groups is 4. The molecule has 1 heterocycles. The van der Waals surface area contributed by atoms with E-state index in [1.54, 1.807) is 37.2 Å². The molecule has 10 nitrogen and oxygen atoms in total. The lowest BCUT2D eigenvalue weighted by atomic mass is 9.86. The molecule has 0 saturated carbocycles. The minimum atomic E-state index is -0.663. The molecule has 0 aliphatic rings. The molecule has 2 unspecified atom stereocenters. The second-order valence-corrected chi connectivity index (χ2v) is 15.8. The molecule has 1 rings (SSSR count). The highest BCUT2D eigenvalue weighted by Crippen LogP contribution is 2.22. The van der Waals surface area contributed by atoms with Crippen molar-refractivity contribution in [3.63, 3.8) is 0 Å². The first-order valence-electron chi connectivity index (χ1n) is 18.4. The van der Waals surface area contributed by atoms with Gasteiger partial charge in [-0.25, -0.2) is 0 Å². The summed E-state index contributed by atoms with van der Waals surface area (Å²) < 4.78 is 5.33. The SMILES string of the molecule is CN=C(C)/C=C(/C)CCC(C)C(=O)N[C@@H](CCSC)C(=O)NC(CCC(C)C)[C@@H](C)C[C@@H](C)C(=O)N[C@@H](CC(C)C)C(=O)NCc1ccco1. The van der Waals surface area contributed by atoms with Gasteiger partial charge in [0.1, 0.15) is 17.8 Å². The Labute approximate surface area is 306 Å². The summed E-state index contributed by atoms with van der Waals surface area (Å²) in [6.45, 7) is 18.4. The number of amides is 4. The third kappa shape index (κ3) is 18.2. The number of nitrogens with zero attached hydrogens (tertiary/aromatic N) is 1. The Kier molecular flexibility index (Phi) is 21.7. The zero-order chi connectivity index (χ0) is 37.8. The van der Waals surface area contributed by atoms with Crippen molar-refractivity contribution in [2.45, 2.75) is 132 Å². The Morgan fingerprint density at radius 1 is 0.800 bits per heavy atom. The Balaban J connectivity index is 2.96. The van der Waals surface area contributed by atoms with E-state index in [1.165, 1.54) is 0 Å². The van der Waals surface area contributed by atoms with Crippen LogP contribution in [0.15, 0.2) is 39.5 Å². The van der Waals surface area contributed by atoms with Crippen molar-refractivity contribution in [3.05, 3.63) is 35.8 Å². The number of hydrogen-bond acceptors (Lipinski definition) is 7. The minimum Gasteiger partial charge on any atom is -0.467 e. The first-order valence-corrected chi connectivity index (χ1v) is 19.8. The van der Waals surface area contributed by atoms with Gasteiger partial charge >= 0.3 is 0 Å². The summed E-state index contributed by atoms with van der Waals surface area (Å²) in [5, 5.41) is 12.2. The number of carbonyl (C=O) groups excluding carboxylic acids is 4. The summed E-state index contributed by atoms with van der Waals surface area (Å²) >= 11 is 1.64. The highest BCUT2D eigenvalue weighted by Gasteiger charge is 2.30. The van der Waals surface area contributed by atoms with Crippen molar-refractivity contribution in [3.8, 4) is 0 Å². The number of thioether (sulfide) groups is 1. The fourth-order valence-electron chi connectivity index (χ4n) is 5.74. The third-order valence-corrected chi connectivity index (χ3v) is 9.71. The van der Waals surface area contributed by atoms with Crippen molar-refractivity contribution in [2.24, 2.45) is 34.6 Å². The number of aliphatic imine (C=N–C) groups is 1. The summed E-state index contributed by atoms with van der Waals surface area (Å²) in [5.41, 5.74) is 2.11. The maximum Gasteiger partial charge on any atom is 0.242 e. The van der Waals surface area contributed by atoms with Crippen LogP contribution in [0.2, 0.25) is 0 Å². The molecule has 284 valence electrons. The van der Waals surface area contributed by atoms with E-state index in [4.69, 9.17) is 4.42 Å². The van der Waals surface area contributed by atoms with Gasteiger partial charge in [-0.05, 0) is 107 Å². The van der Waals surface area contributed by atoms with Crippen LogP contribution in [-0.4, -0.2) is 66.5 Å². The van der Waals surface area contributed by atoms with E-state index in [-0.39, 0.29) is 59.9 Å². The van der Waals surface area contributed by atoms with E-state index < -0.39 is 12.1 Å². The van der Waals surface area contributed by atoms with Crippen LogP contribution >= 0.6 is 11.8 Å². The van der Waals surface area contributed by atoms with Gasteiger partial charge in [-0.1, -0.05) is 54.0 Å². The molecular weight excluding hydrogens is 651 g/mol. The second-order valence-electron chi connectivity index (χ2n) is 14.8. The van der Waals surface area contributed by atoms with Crippen LogP contribution in [0.1, 0.15) is 113 Å². The van der Waals surface area contributed by atoms with Crippen molar-refractivity contribution in [2.75, 3.05) is 19.1 Å². The highest BCUT2D eigenvalue weighted by molar-refractivity contribution is 7.98. The van der Waals surface area contributed by atoms with E-state index in [9.17, 15) is 19.2 Å². The molecule has 0 spiro atoms. The number of rotatable bonds is 24. The lowest BCUT2D eigenvalue weighted by molar-refractivity contribution is -0.132. The largest absolute Gasteiger partial charge is 0.467 e. The summed E-state index contributed by atoms with van der Waals surface area (Å²) in [6, 6.07) is 2.08. The molecule has 0 radical (unpaired) electrons. The van der Waals surface area contributed by atoms with Gasteiger partial charge in [-0.3, -0.25) is 24.2 Å². The molecule has 4 N–H and O–H groups in total. The van der Waals surface area contributed by atoms with Crippen LogP contribution in [0.5, 0.6) is 0 Å². The van der Waals surface area contributed by atoms with Gasteiger partial charge in [0, 0.05) is 30.6 Å². The minimum absolute atomic E-state index is 0.0181. The van der Waals surface area contributed by atoms with E-state index in [0.717, 1.165) is 36.3 Å². The summed E-state index contributed by atoms with van der Waals surface area (Å²) in [7, 11) is 1.76. The number of allylic oxidation sites excluding steroid dienone is 2. The molecule has 11 heteroatoms. The Bertz CT molecular complexity index is 1230. The Morgan fingerprint density at radius 3 is 2.04 bits per heavy atom. The smallest absolute Gasteiger partial charge is 0.242 e. The lowest BCUT2D eigenvalue weighted by Crippen LogP contribution is -2.52. The van der Waals surface area contributed by atoms with Crippen molar-refractivity contribution < 1.29 is 23.6 Å². The molecule has 0 aromatic carbocycles. The number of nitrogens with one attached hydrogen (secondary N) is 4.